The molecule has 1 amide bonds. The Morgan fingerprint density at radius 1 is 1.28 bits per heavy atom. The van der Waals surface area contributed by atoms with Crippen molar-refractivity contribution in [3.63, 3.8) is 0 Å². The summed E-state index contributed by atoms with van der Waals surface area (Å²) in [6.07, 6.45) is 6.09. The maximum atomic E-state index is 13.1. The second kappa shape index (κ2) is 8.12. The Balaban J connectivity index is 1.44. The van der Waals surface area contributed by atoms with E-state index in [1.807, 2.05) is 13.1 Å². The lowest BCUT2D eigenvalue weighted by Gasteiger charge is -2.29. The second-order valence-electron chi connectivity index (χ2n) is 7.65. The fourth-order valence-electron chi connectivity index (χ4n) is 3.71. The van der Waals surface area contributed by atoms with Crippen molar-refractivity contribution in [3.05, 3.63) is 52.8 Å². The van der Waals surface area contributed by atoms with Crippen molar-refractivity contribution in [1.82, 2.24) is 24.6 Å². The van der Waals surface area contributed by atoms with Gasteiger partial charge in [0, 0.05) is 28.9 Å². The molecule has 0 atom stereocenters. The number of pyridine rings is 2. The first-order valence-corrected chi connectivity index (χ1v) is 11.1. The lowest BCUT2D eigenvalue weighted by Crippen LogP contribution is -2.26. The molecule has 1 aliphatic carbocycles. The van der Waals surface area contributed by atoms with Crippen LogP contribution in [0.5, 0.6) is 5.75 Å². The van der Waals surface area contributed by atoms with Crippen molar-refractivity contribution in [3.8, 4) is 16.9 Å². The van der Waals surface area contributed by atoms with Gasteiger partial charge in [-0.25, -0.2) is 14.5 Å². The zero-order chi connectivity index (χ0) is 22.4. The standard InChI is InChI=1S/C21H19ClN6O3S/c1-10-3-13(14-6-18(22)24-8-17(14)31-2)15(7-23-10)19(30)26-20-27-28-9-16(25-21(28)32-20)11-4-12(29)5-11/h3,6-9,11-12,29H,4-5H2,1-2H3,(H,26,27,30). The van der Waals surface area contributed by atoms with Gasteiger partial charge >= 0.3 is 0 Å². The number of carbonyl (C=O) groups excluding carboxylic acids is 1. The highest BCUT2D eigenvalue weighted by Gasteiger charge is 2.31. The maximum absolute atomic E-state index is 13.1. The van der Waals surface area contributed by atoms with Gasteiger partial charge in [-0.3, -0.25) is 15.1 Å². The van der Waals surface area contributed by atoms with Crippen molar-refractivity contribution in [2.45, 2.75) is 31.8 Å². The Hall–Kier alpha value is -3.08. The van der Waals surface area contributed by atoms with Gasteiger partial charge in [-0.2, -0.15) is 0 Å². The number of nitrogens with zero attached hydrogens (tertiary/aromatic N) is 5. The number of imidazole rings is 1. The summed E-state index contributed by atoms with van der Waals surface area (Å²) >= 11 is 7.38. The predicted molar refractivity (Wildman–Crippen MR) is 121 cm³/mol. The summed E-state index contributed by atoms with van der Waals surface area (Å²) in [6.45, 7) is 1.84. The number of amides is 1. The highest BCUT2D eigenvalue weighted by atomic mass is 35.5. The topological polar surface area (TPSA) is 115 Å². The third-order valence-electron chi connectivity index (χ3n) is 5.44. The van der Waals surface area contributed by atoms with E-state index >= 15 is 0 Å². The minimum atomic E-state index is -0.359. The van der Waals surface area contributed by atoms with Gasteiger partial charge in [0.2, 0.25) is 10.1 Å². The molecule has 1 aliphatic rings. The van der Waals surface area contributed by atoms with Gasteiger partial charge in [0.15, 0.2) is 0 Å². The number of rotatable bonds is 5. The molecule has 0 aliphatic heterocycles. The van der Waals surface area contributed by atoms with Crippen molar-refractivity contribution in [1.29, 1.82) is 0 Å². The minimum absolute atomic E-state index is 0.242. The lowest BCUT2D eigenvalue weighted by molar-refractivity contribution is 0.0734. The van der Waals surface area contributed by atoms with Gasteiger partial charge in [-0.15, -0.1) is 5.10 Å². The molecule has 1 fully saturated rings. The molecule has 2 N–H and O–H groups in total. The third-order valence-corrected chi connectivity index (χ3v) is 6.49. The normalized spacial score (nSPS) is 17.9. The molecule has 5 rings (SSSR count). The largest absolute Gasteiger partial charge is 0.494 e. The number of carbonyl (C=O) groups is 1. The monoisotopic (exact) mass is 470 g/mol. The third kappa shape index (κ3) is 3.81. The van der Waals surface area contributed by atoms with E-state index in [2.05, 4.69) is 25.4 Å². The second-order valence-corrected chi connectivity index (χ2v) is 9.00. The predicted octanol–water partition coefficient (Wildman–Crippen LogP) is 3.71. The van der Waals surface area contributed by atoms with Gasteiger partial charge in [0.1, 0.15) is 10.9 Å². The average Bonchev–Trinajstić information content (AvgIpc) is 3.29. The van der Waals surface area contributed by atoms with E-state index in [1.165, 1.54) is 30.8 Å². The van der Waals surface area contributed by atoms with Gasteiger partial charge < -0.3 is 9.84 Å². The smallest absolute Gasteiger partial charge is 0.259 e. The molecular formula is C21H19ClN6O3S. The first-order chi connectivity index (χ1) is 15.4. The summed E-state index contributed by atoms with van der Waals surface area (Å²) in [5, 5.41) is 17.5. The first-order valence-electron chi connectivity index (χ1n) is 9.93. The van der Waals surface area contributed by atoms with Crippen LogP contribution in [0, 0.1) is 6.92 Å². The average molecular weight is 471 g/mol. The molecule has 0 radical (unpaired) electrons. The van der Waals surface area contributed by atoms with E-state index < -0.39 is 0 Å². The fraction of sp³-hybridized carbons (Fsp3) is 0.286. The lowest BCUT2D eigenvalue weighted by atomic mass is 9.80. The van der Waals surface area contributed by atoms with Crippen LogP contribution in [-0.4, -0.2) is 48.8 Å². The number of fused-ring (bicyclic) bond motifs is 1. The van der Waals surface area contributed by atoms with Crippen molar-refractivity contribution in [2.24, 2.45) is 0 Å². The van der Waals surface area contributed by atoms with Crippen LogP contribution in [0.25, 0.3) is 16.1 Å². The number of aromatic nitrogens is 5. The maximum Gasteiger partial charge on any atom is 0.259 e. The molecule has 4 aromatic heterocycles. The van der Waals surface area contributed by atoms with E-state index in [4.69, 9.17) is 16.3 Å². The number of hydrogen-bond donors (Lipinski definition) is 2. The van der Waals surface area contributed by atoms with Crippen LogP contribution < -0.4 is 10.1 Å². The van der Waals surface area contributed by atoms with Crippen LogP contribution >= 0.6 is 22.9 Å². The molecule has 32 heavy (non-hydrogen) atoms. The number of aliphatic hydroxyl groups is 1. The van der Waals surface area contributed by atoms with Crippen molar-refractivity contribution >= 4 is 38.9 Å². The van der Waals surface area contributed by atoms with Crippen LogP contribution in [0.3, 0.4) is 0 Å². The SMILES string of the molecule is COc1cnc(Cl)cc1-c1cc(C)ncc1C(=O)Nc1nn2cc(C3CC(O)C3)nc2s1. The zero-order valence-corrected chi connectivity index (χ0v) is 18.8. The Labute approximate surface area is 192 Å². The molecule has 164 valence electrons. The molecule has 4 aromatic rings. The minimum Gasteiger partial charge on any atom is -0.494 e. The zero-order valence-electron chi connectivity index (χ0n) is 17.2. The highest BCUT2D eigenvalue weighted by molar-refractivity contribution is 7.20. The molecule has 0 bridgehead atoms. The fourth-order valence-corrected chi connectivity index (χ4v) is 4.65. The summed E-state index contributed by atoms with van der Waals surface area (Å²) in [4.78, 5) is 26.7. The Morgan fingerprint density at radius 2 is 2.09 bits per heavy atom. The van der Waals surface area contributed by atoms with Crippen LogP contribution in [0.1, 0.15) is 40.5 Å². The molecule has 0 spiro atoms. The van der Waals surface area contributed by atoms with Crippen LogP contribution in [0.2, 0.25) is 5.15 Å². The van der Waals surface area contributed by atoms with Gasteiger partial charge in [-0.1, -0.05) is 22.9 Å². The highest BCUT2D eigenvalue weighted by Crippen LogP contribution is 2.37. The van der Waals surface area contributed by atoms with Crippen LogP contribution in [-0.2, 0) is 0 Å². The summed E-state index contributed by atoms with van der Waals surface area (Å²) in [6, 6.07) is 3.46. The summed E-state index contributed by atoms with van der Waals surface area (Å²) < 4.78 is 7.07. The molecule has 4 heterocycles. The number of methoxy groups -OCH3 is 1. The van der Waals surface area contributed by atoms with Crippen molar-refractivity contribution < 1.29 is 14.6 Å². The molecule has 0 saturated heterocycles. The van der Waals surface area contributed by atoms with E-state index in [-0.39, 0.29) is 23.1 Å². The number of hydrogen-bond acceptors (Lipinski definition) is 8. The molecule has 0 aromatic carbocycles. The van der Waals surface area contributed by atoms with E-state index in [0.717, 1.165) is 24.2 Å². The van der Waals surface area contributed by atoms with E-state index in [9.17, 15) is 9.90 Å². The number of nitrogens with one attached hydrogen (secondary N) is 1. The number of anilines is 1. The molecular weight excluding hydrogens is 452 g/mol. The van der Waals surface area contributed by atoms with Gasteiger partial charge in [0.05, 0.1) is 36.9 Å². The van der Waals surface area contributed by atoms with Crippen LogP contribution in [0.15, 0.2) is 30.7 Å². The number of ether oxygens (including phenoxy) is 1. The summed E-state index contributed by atoms with van der Waals surface area (Å²) in [5.74, 6) is 0.400. The van der Waals surface area contributed by atoms with Crippen molar-refractivity contribution in [2.75, 3.05) is 12.4 Å². The quantitative estimate of drug-likeness (QED) is 0.427. The molecule has 11 heteroatoms. The number of aliphatic hydroxyl groups excluding tert-OH is 1. The Bertz CT molecular complexity index is 1300. The Kier molecular flexibility index (Phi) is 5.28. The molecule has 0 unspecified atom stereocenters. The van der Waals surface area contributed by atoms with E-state index in [0.29, 0.717) is 32.5 Å². The summed E-state index contributed by atoms with van der Waals surface area (Å²) in [7, 11) is 1.53. The number of aryl methyl sites for hydroxylation is 1. The molecule has 9 nitrogen and oxygen atoms in total. The Morgan fingerprint density at radius 3 is 2.81 bits per heavy atom. The van der Waals surface area contributed by atoms with Crippen LogP contribution in [0.4, 0.5) is 5.13 Å². The van der Waals surface area contributed by atoms with Gasteiger partial charge in [0.25, 0.3) is 5.91 Å². The first kappa shape index (κ1) is 20.8. The molecule has 1 saturated carbocycles. The number of halogens is 1. The van der Waals surface area contributed by atoms with Gasteiger partial charge in [-0.05, 0) is 31.9 Å². The summed E-state index contributed by atoms with van der Waals surface area (Å²) in [5.41, 5.74) is 3.28. The van der Waals surface area contributed by atoms with E-state index in [1.54, 1.807) is 16.6 Å².